The van der Waals surface area contributed by atoms with Gasteiger partial charge in [-0.1, -0.05) is 18.2 Å². The predicted octanol–water partition coefficient (Wildman–Crippen LogP) is 2.27. The lowest BCUT2D eigenvalue weighted by Gasteiger charge is -2.35. The Morgan fingerprint density at radius 2 is 1.96 bits per heavy atom. The molecular weight excluding hydrogens is 312 g/mol. The predicted molar refractivity (Wildman–Crippen MR) is 101 cm³/mol. The third-order valence-electron chi connectivity index (χ3n) is 5.47. The Labute approximate surface area is 149 Å². The van der Waals surface area contributed by atoms with Crippen LogP contribution >= 0.6 is 0 Å². The standard InChI is InChI=1S/C20H26N4O/c25-20(8-5-16-9-10-21-15-16)24-13-11-23(12-14-24)19-7-6-17-3-1-2-4-18(17)22-19/h1-4,6-7,16,21H,5,8-15H2. The van der Waals surface area contributed by atoms with Crippen LogP contribution in [-0.2, 0) is 4.79 Å². The molecule has 5 nitrogen and oxygen atoms in total. The van der Waals surface area contributed by atoms with Gasteiger partial charge < -0.3 is 15.1 Å². The van der Waals surface area contributed by atoms with E-state index in [1.807, 2.05) is 17.0 Å². The fourth-order valence-corrected chi connectivity index (χ4v) is 3.86. The van der Waals surface area contributed by atoms with Crippen LogP contribution in [0.25, 0.3) is 10.9 Å². The van der Waals surface area contributed by atoms with Crippen molar-refractivity contribution in [2.24, 2.45) is 5.92 Å². The summed E-state index contributed by atoms with van der Waals surface area (Å²) in [4.78, 5) is 21.5. The van der Waals surface area contributed by atoms with Crippen molar-refractivity contribution in [3.05, 3.63) is 36.4 Å². The van der Waals surface area contributed by atoms with E-state index in [0.717, 1.165) is 57.0 Å². The topological polar surface area (TPSA) is 48.5 Å². The van der Waals surface area contributed by atoms with Crippen LogP contribution in [0.4, 0.5) is 5.82 Å². The molecule has 0 bridgehead atoms. The Morgan fingerprint density at radius 1 is 1.12 bits per heavy atom. The fourth-order valence-electron chi connectivity index (χ4n) is 3.86. The number of amides is 1. The Kier molecular flexibility index (Phi) is 4.83. The van der Waals surface area contributed by atoms with Gasteiger partial charge in [-0.15, -0.1) is 0 Å². The molecule has 0 spiro atoms. The average molecular weight is 338 g/mol. The lowest BCUT2D eigenvalue weighted by Crippen LogP contribution is -2.49. The first-order valence-corrected chi connectivity index (χ1v) is 9.39. The minimum atomic E-state index is 0.318. The number of nitrogens with zero attached hydrogens (tertiary/aromatic N) is 3. The summed E-state index contributed by atoms with van der Waals surface area (Å²) in [6.07, 6.45) is 2.94. The normalized spacial score (nSPS) is 21.0. The second kappa shape index (κ2) is 7.40. The van der Waals surface area contributed by atoms with E-state index in [-0.39, 0.29) is 0 Å². The number of aromatic nitrogens is 1. The maximum Gasteiger partial charge on any atom is 0.222 e. The molecule has 1 aromatic heterocycles. The van der Waals surface area contributed by atoms with Gasteiger partial charge in [0.1, 0.15) is 5.82 Å². The number of hydrogen-bond donors (Lipinski definition) is 1. The lowest BCUT2D eigenvalue weighted by molar-refractivity contribution is -0.131. The number of carbonyl (C=O) groups excluding carboxylic acids is 1. The summed E-state index contributed by atoms with van der Waals surface area (Å²) < 4.78 is 0. The van der Waals surface area contributed by atoms with Crippen molar-refractivity contribution in [3.63, 3.8) is 0 Å². The lowest BCUT2D eigenvalue weighted by atomic mass is 10.0. The molecule has 0 saturated carbocycles. The molecule has 0 aliphatic carbocycles. The van der Waals surface area contributed by atoms with E-state index in [9.17, 15) is 4.79 Å². The van der Waals surface area contributed by atoms with Crippen LogP contribution in [0.2, 0.25) is 0 Å². The number of hydrogen-bond acceptors (Lipinski definition) is 4. The number of carbonyl (C=O) groups is 1. The molecule has 1 aromatic carbocycles. The van der Waals surface area contributed by atoms with Crippen molar-refractivity contribution in [1.82, 2.24) is 15.2 Å². The van der Waals surface area contributed by atoms with Crippen molar-refractivity contribution >= 4 is 22.6 Å². The summed E-state index contributed by atoms with van der Waals surface area (Å²) in [5, 5.41) is 4.54. The van der Waals surface area contributed by atoms with Crippen molar-refractivity contribution in [2.45, 2.75) is 19.3 Å². The zero-order chi connectivity index (χ0) is 17.1. The number of fused-ring (bicyclic) bond motifs is 1. The largest absolute Gasteiger partial charge is 0.353 e. The van der Waals surface area contributed by atoms with Gasteiger partial charge in [0.25, 0.3) is 0 Å². The average Bonchev–Trinajstić information content (AvgIpc) is 3.19. The molecule has 1 amide bonds. The summed E-state index contributed by atoms with van der Waals surface area (Å²) in [5.74, 6) is 2.02. The van der Waals surface area contributed by atoms with Gasteiger partial charge in [0.15, 0.2) is 0 Å². The second-order valence-corrected chi connectivity index (χ2v) is 7.13. The minimum Gasteiger partial charge on any atom is -0.353 e. The Hall–Kier alpha value is -2.14. The van der Waals surface area contributed by atoms with E-state index in [4.69, 9.17) is 4.98 Å². The summed E-state index contributed by atoms with van der Waals surface area (Å²) in [5.41, 5.74) is 1.03. The molecular formula is C20H26N4O. The first kappa shape index (κ1) is 16.3. The van der Waals surface area contributed by atoms with Crippen molar-refractivity contribution in [2.75, 3.05) is 44.2 Å². The highest BCUT2D eigenvalue weighted by Crippen LogP contribution is 2.20. The van der Waals surface area contributed by atoms with E-state index in [0.29, 0.717) is 18.2 Å². The van der Waals surface area contributed by atoms with Crippen LogP contribution in [0.1, 0.15) is 19.3 Å². The van der Waals surface area contributed by atoms with E-state index in [1.165, 1.54) is 11.8 Å². The number of para-hydroxylation sites is 1. The number of piperazine rings is 1. The van der Waals surface area contributed by atoms with Crippen LogP contribution in [0, 0.1) is 5.92 Å². The van der Waals surface area contributed by atoms with Gasteiger partial charge in [-0.2, -0.15) is 0 Å². The quantitative estimate of drug-likeness (QED) is 0.929. The van der Waals surface area contributed by atoms with Gasteiger partial charge in [0.05, 0.1) is 5.52 Å². The Morgan fingerprint density at radius 3 is 2.76 bits per heavy atom. The summed E-state index contributed by atoms with van der Waals surface area (Å²) >= 11 is 0. The second-order valence-electron chi connectivity index (χ2n) is 7.13. The summed E-state index contributed by atoms with van der Waals surface area (Å²) in [6, 6.07) is 12.4. The molecule has 2 fully saturated rings. The Bertz CT molecular complexity index is 733. The van der Waals surface area contributed by atoms with E-state index >= 15 is 0 Å². The SMILES string of the molecule is O=C(CCC1CCNC1)N1CCN(c2ccc3ccccc3n2)CC1. The zero-order valence-corrected chi connectivity index (χ0v) is 14.7. The van der Waals surface area contributed by atoms with Crippen LogP contribution in [0.15, 0.2) is 36.4 Å². The number of benzene rings is 1. The number of nitrogens with one attached hydrogen (secondary N) is 1. The number of pyridine rings is 1. The van der Waals surface area contributed by atoms with E-state index in [2.05, 4.69) is 34.5 Å². The molecule has 1 N–H and O–H groups in total. The van der Waals surface area contributed by atoms with Gasteiger partial charge in [0, 0.05) is 38.0 Å². The molecule has 25 heavy (non-hydrogen) atoms. The maximum atomic E-state index is 12.4. The van der Waals surface area contributed by atoms with Crippen LogP contribution in [0.5, 0.6) is 0 Å². The molecule has 2 saturated heterocycles. The van der Waals surface area contributed by atoms with Gasteiger partial charge in [0.2, 0.25) is 5.91 Å². The third-order valence-corrected chi connectivity index (χ3v) is 5.47. The molecule has 3 heterocycles. The van der Waals surface area contributed by atoms with Crippen molar-refractivity contribution in [3.8, 4) is 0 Å². The van der Waals surface area contributed by atoms with Crippen LogP contribution < -0.4 is 10.2 Å². The zero-order valence-electron chi connectivity index (χ0n) is 14.7. The molecule has 2 aliphatic heterocycles. The molecule has 0 radical (unpaired) electrons. The van der Waals surface area contributed by atoms with E-state index in [1.54, 1.807) is 0 Å². The third kappa shape index (κ3) is 3.76. The van der Waals surface area contributed by atoms with Gasteiger partial charge >= 0.3 is 0 Å². The minimum absolute atomic E-state index is 0.318. The summed E-state index contributed by atoms with van der Waals surface area (Å²) in [6.45, 7) is 5.52. The maximum absolute atomic E-state index is 12.4. The molecule has 2 aromatic rings. The molecule has 5 heteroatoms. The highest BCUT2D eigenvalue weighted by Gasteiger charge is 2.23. The first-order valence-electron chi connectivity index (χ1n) is 9.39. The van der Waals surface area contributed by atoms with Crippen molar-refractivity contribution < 1.29 is 4.79 Å². The molecule has 4 rings (SSSR count). The van der Waals surface area contributed by atoms with E-state index < -0.39 is 0 Å². The first-order chi connectivity index (χ1) is 12.3. The van der Waals surface area contributed by atoms with Crippen LogP contribution in [0.3, 0.4) is 0 Å². The summed E-state index contributed by atoms with van der Waals surface area (Å²) in [7, 11) is 0. The Balaban J connectivity index is 1.31. The highest BCUT2D eigenvalue weighted by atomic mass is 16.2. The van der Waals surface area contributed by atoms with Crippen molar-refractivity contribution in [1.29, 1.82) is 0 Å². The fraction of sp³-hybridized carbons (Fsp3) is 0.500. The monoisotopic (exact) mass is 338 g/mol. The van der Waals surface area contributed by atoms with Gasteiger partial charge in [-0.3, -0.25) is 4.79 Å². The van der Waals surface area contributed by atoms with Crippen LogP contribution in [-0.4, -0.2) is 55.1 Å². The molecule has 1 atom stereocenters. The smallest absolute Gasteiger partial charge is 0.222 e. The van der Waals surface area contributed by atoms with Gasteiger partial charge in [-0.25, -0.2) is 4.98 Å². The van der Waals surface area contributed by atoms with Gasteiger partial charge in [-0.05, 0) is 50.0 Å². The highest BCUT2D eigenvalue weighted by molar-refractivity contribution is 5.80. The molecule has 2 aliphatic rings. The number of rotatable bonds is 4. The molecule has 1 unspecified atom stereocenters. The number of anilines is 1. The molecule has 132 valence electrons.